The van der Waals surface area contributed by atoms with Crippen LogP contribution in [0.15, 0.2) is 70.8 Å². The Kier molecular flexibility index (Phi) is 5.50. The summed E-state index contributed by atoms with van der Waals surface area (Å²) in [5.41, 5.74) is 4.46. The molecule has 31 heavy (non-hydrogen) atoms. The number of aromatic nitrogens is 1. The highest BCUT2D eigenvalue weighted by atomic mass is 79.9. The number of Topliss-reactive ketones (excluding diaryl/α,β-unsaturated/α-hetero) is 1. The molecule has 1 aliphatic rings. The van der Waals surface area contributed by atoms with Gasteiger partial charge in [-0.2, -0.15) is 0 Å². The molecule has 0 aliphatic carbocycles. The number of pyridine rings is 1. The quantitative estimate of drug-likeness (QED) is 0.312. The van der Waals surface area contributed by atoms with Crippen LogP contribution in [0.2, 0.25) is 0 Å². The molecule has 1 aromatic heterocycles. The zero-order valence-electron chi connectivity index (χ0n) is 17.4. The summed E-state index contributed by atoms with van der Waals surface area (Å²) in [5, 5.41) is 11.2. The van der Waals surface area contributed by atoms with Crippen LogP contribution in [0.1, 0.15) is 34.0 Å². The van der Waals surface area contributed by atoms with Gasteiger partial charge in [0, 0.05) is 21.9 Å². The van der Waals surface area contributed by atoms with Crippen LogP contribution in [-0.2, 0) is 9.59 Å². The number of ketones is 1. The van der Waals surface area contributed by atoms with Gasteiger partial charge in [-0.05, 0) is 62.2 Å². The van der Waals surface area contributed by atoms with Crippen molar-refractivity contribution in [2.24, 2.45) is 0 Å². The number of hydrogen-bond donors (Lipinski definition) is 1. The van der Waals surface area contributed by atoms with E-state index in [-0.39, 0.29) is 11.3 Å². The Labute approximate surface area is 189 Å². The highest BCUT2D eigenvalue weighted by Gasteiger charge is 2.48. The van der Waals surface area contributed by atoms with Gasteiger partial charge >= 0.3 is 0 Å². The summed E-state index contributed by atoms with van der Waals surface area (Å²) < 4.78 is 0.890. The van der Waals surface area contributed by atoms with Crippen LogP contribution in [0.5, 0.6) is 0 Å². The fourth-order valence-corrected chi connectivity index (χ4v) is 4.17. The van der Waals surface area contributed by atoms with Gasteiger partial charge in [0.2, 0.25) is 0 Å². The second-order valence-electron chi connectivity index (χ2n) is 7.68. The van der Waals surface area contributed by atoms with Crippen molar-refractivity contribution in [1.82, 2.24) is 4.98 Å². The number of carbonyl (C=O) groups excluding carboxylic acids is 2. The third-order valence-electron chi connectivity index (χ3n) is 5.46. The van der Waals surface area contributed by atoms with Crippen molar-refractivity contribution in [3.05, 3.63) is 98.8 Å². The summed E-state index contributed by atoms with van der Waals surface area (Å²) in [5.74, 6) is -1.62. The number of carbonyl (C=O) groups is 2. The molecule has 1 saturated heterocycles. The van der Waals surface area contributed by atoms with Gasteiger partial charge in [-0.3, -0.25) is 19.5 Å². The van der Waals surface area contributed by atoms with Crippen molar-refractivity contribution in [3.63, 3.8) is 0 Å². The van der Waals surface area contributed by atoms with E-state index in [1.165, 1.54) is 4.90 Å². The molecule has 0 spiro atoms. The van der Waals surface area contributed by atoms with Crippen LogP contribution in [0, 0.1) is 20.8 Å². The average Bonchev–Trinajstić information content (AvgIpc) is 3.01. The third-order valence-corrected chi connectivity index (χ3v) is 6.35. The van der Waals surface area contributed by atoms with E-state index in [1.54, 1.807) is 42.6 Å². The molecule has 3 aromatic rings. The van der Waals surface area contributed by atoms with E-state index in [0.29, 0.717) is 16.9 Å². The molecule has 5 nitrogen and oxygen atoms in total. The normalized spacial score (nSPS) is 17.9. The summed E-state index contributed by atoms with van der Waals surface area (Å²) >= 11 is 3.45. The number of halogens is 1. The molecular weight excluding hydrogens is 456 g/mol. The topological polar surface area (TPSA) is 70.5 Å². The zero-order valence-corrected chi connectivity index (χ0v) is 19.0. The summed E-state index contributed by atoms with van der Waals surface area (Å²) in [6.45, 7) is 5.76. The molecule has 1 atom stereocenters. The molecule has 0 radical (unpaired) electrons. The predicted molar refractivity (Wildman–Crippen MR) is 124 cm³/mol. The van der Waals surface area contributed by atoms with Crippen molar-refractivity contribution in [1.29, 1.82) is 0 Å². The molecule has 0 saturated carbocycles. The molecule has 0 bridgehead atoms. The number of anilines is 1. The highest BCUT2D eigenvalue weighted by molar-refractivity contribution is 9.10. The Morgan fingerprint density at radius 2 is 1.77 bits per heavy atom. The largest absolute Gasteiger partial charge is 0.507 e. The van der Waals surface area contributed by atoms with Gasteiger partial charge in [0.05, 0.1) is 11.3 Å². The van der Waals surface area contributed by atoms with Gasteiger partial charge < -0.3 is 5.11 Å². The fourth-order valence-electron chi connectivity index (χ4n) is 3.92. The van der Waals surface area contributed by atoms with E-state index >= 15 is 0 Å². The number of hydrogen-bond acceptors (Lipinski definition) is 4. The van der Waals surface area contributed by atoms with E-state index in [0.717, 1.165) is 21.2 Å². The summed E-state index contributed by atoms with van der Waals surface area (Å²) in [7, 11) is 0. The number of amides is 1. The second kappa shape index (κ2) is 8.12. The number of benzene rings is 2. The van der Waals surface area contributed by atoms with Crippen LogP contribution in [-0.4, -0.2) is 21.8 Å². The van der Waals surface area contributed by atoms with Crippen molar-refractivity contribution in [3.8, 4) is 0 Å². The van der Waals surface area contributed by atoms with Crippen molar-refractivity contribution < 1.29 is 14.7 Å². The molecule has 1 amide bonds. The summed E-state index contributed by atoms with van der Waals surface area (Å²) in [4.78, 5) is 32.2. The van der Waals surface area contributed by atoms with Crippen molar-refractivity contribution >= 4 is 39.1 Å². The summed E-state index contributed by atoms with van der Waals surface area (Å²) in [6.07, 6.45) is 1.61. The number of aryl methyl sites for hydroxylation is 3. The maximum Gasteiger partial charge on any atom is 0.300 e. The van der Waals surface area contributed by atoms with Crippen LogP contribution in [0.25, 0.3) is 5.76 Å². The lowest BCUT2D eigenvalue weighted by Gasteiger charge is -2.26. The Bertz CT molecular complexity index is 1230. The molecule has 4 rings (SSSR count). The molecule has 1 unspecified atom stereocenters. The second-order valence-corrected chi connectivity index (χ2v) is 8.53. The first-order chi connectivity index (χ1) is 14.8. The fraction of sp³-hybridized carbons (Fsp3) is 0.160. The first-order valence-electron chi connectivity index (χ1n) is 9.85. The van der Waals surface area contributed by atoms with E-state index in [9.17, 15) is 14.7 Å². The monoisotopic (exact) mass is 476 g/mol. The Morgan fingerprint density at radius 1 is 1.00 bits per heavy atom. The molecule has 6 heteroatoms. The minimum absolute atomic E-state index is 0.0328. The minimum Gasteiger partial charge on any atom is -0.507 e. The highest BCUT2D eigenvalue weighted by Crippen LogP contribution is 2.42. The van der Waals surface area contributed by atoms with Crippen LogP contribution < -0.4 is 4.90 Å². The molecule has 2 heterocycles. The first kappa shape index (κ1) is 21.0. The van der Waals surface area contributed by atoms with Crippen LogP contribution in [0.4, 0.5) is 5.69 Å². The van der Waals surface area contributed by atoms with E-state index < -0.39 is 17.7 Å². The molecule has 2 aromatic carbocycles. The van der Waals surface area contributed by atoms with Gasteiger partial charge in [-0.1, -0.05) is 45.8 Å². The van der Waals surface area contributed by atoms with Crippen molar-refractivity contribution in [2.45, 2.75) is 26.8 Å². The van der Waals surface area contributed by atoms with Crippen molar-refractivity contribution in [2.75, 3.05) is 4.90 Å². The molecule has 156 valence electrons. The van der Waals surface area contributed by atoms with E-state index in [2.05, 4.69) is 20.9 Å². The molecule has 1 aliphatic heterocycles. The smallest absolute Gasteiger partial charge is 0.300 e. The number of rotatable bonds is 3. The number of nitrogens with zero attached hydrogens (tertiary/aromatic N) is 2. The maximum absolute atomic E-state index is 13.2. The van der Waals surface area contributed by atoms with Crippen LogP contribution in [0.3, 0.4) is 0 Å². The maximum atomic E-state index is 13.2. The lowest BCUT2D eigenvalue weighted by molar-refractivity contribution is -0.132. The number of aliphatic hydroxyl groups excluding tert-OH is 1. The minimum atomic E-state index is -0.827. The lowest BCUT2D eigenvalue weighted by Crippen LogP contribution is -2.30. The summed E-state index contributed by atoms with van der Waals surface area (Å²) in [6, 6.07) is 15.5. The standard InChI is InChI=1S/C25H21BrN2O3/c1-14-7-10-20(16(3)12-14)28-22(19-6-4-5-11-27-19)21(24(30)25(28)31)23(29)17-8-9-18(26)15(2)13-17/h4-13,22,29H,1-3H3/b23-21+. The molecule has 1 N–H and O–H groups in total. The Hall–Kier alpha value is -3.25. The lowest BCUT2D eigenvalue weighted by atomic mass is 9.97. The first-order valence-corrected chi connectivity index (χ1v) is 10.6. The van der Waals surface area contributed by atoms with Gasteiger partial charge in [0.15, 0.2) is 0 Å². The van der Waals surface area contributed by atoms with Gasteiger partial charge in [-0.15, -0.1) is 0 Å². The number of aliphatic hydroxyl groups is 1. The molecule has 1 fully saturated rings. The SMILES string of the molecule is Cc1ccc(N2C(=O)C(=O)/C(=C(/O)c3ccc(Br)c(C)c3)C2c2ccccn2)c(C)c1. The van der Waals surface area contributed by atoms with E-state index in [1.807, 2.05) is 39.0 Å². The van der Waals surface area contributed by atoms with E-state index in [4.69, 9.17) is 0 Å². The third kappa shape index (κ3) is 3.68. The predicted octanol–water partition coefficient (Wildman–Crippen LogP) is 5.40. The zero-order chi connectivity index (χ0) is 22.3. The average molecular weight is 477 g/mol. The van der Waals surface area contributed by atoms with Gasteiger partial charge in [-0.25, -0.2) is 0 Å². The Balaban J connectivity index is 1.97. The van der Waals surface area contributed by atoms with Gasteiger partial charge in [0.25, 0.3) is 11.7 Å². The molecular formula is C25H21BrN2O3. The van der Waals surface area contributed by atoms with Gasteiger partial charge in [0.1, 0.15) is 11.8 Å². The van der Waals surface area contributed by atoms with Crippen LogP contribution >= 0.6 is 15.9 Å². The Morgan fingerprint density at radius 3 is 2.42 bits per heavy atom.